The minimum Gasteiger partial charge on any atom is -0.207 e. The van der Waals surface area contributed by atoms with Gasteiger partial charge in [-0.2, -0.15) is 0 Å². The first kappa shape index (κ1) is 8.95. The van der Waals surface area contributed by atoms with Crippen LogP contribution in [0.25, 0.3) is 0 Å². The minimum atomic E-state index is -0.199. The van der Waals surface area contributed by atoms with E-state index in [1.807, 2.05) is 30.3 Å². The van der Waals surface area contributed by atoms with Gasteiger partial charge in [0.05, 0.1) is 0 Å². The Bertz CT molecular complexity index is 407. The van der Waals surface area contributed by atoms with Gasteiger partial charge in [0.1, 0.15) is 5.82 Å². The van der Waals surface area contributed by atoms with Crippen LogP contribution in [-0.4, -0.2) is 0 Å². The Labute approximate surface area is 83.0 Å². The second kappa shape index (κ2) is 4.05. The third kappa shape index (κ3) is 2.19. The maximum Gasteiger partial charge on any atom is 0.123 e. The van der Waals surface area contributed by atoms with Crippen molar-refractivity contribution in [1.82, 2.24) is 0 Å². The fourth-order valence-corrected chi connectivity index (χ4v) is 1.40. The standard InChI is InChI=1S/C13H10F/c14-13-8-4-7-12(10-13)9-11-5-2-1-3-6-11/h1-6,8,10H,9H2. The molecule has 0 nitrogen and oxygen atoms in total. The summed E-state index contributed by atoms with van der Waals surface area (Å²) < 4.78 is 12.8. The van der Waals surface area contributed by atoms with Crippen LogP contribution in [0.1, 0.15) is 11.1 Å². The number of rotatable bonds is 2. The molecule has 0 aliphatic heterocycles. The summed E-state index contributed by atoms with van der Waals surface area (Å²) >= 11 is 0. The van der Waals surface area contributed by atoms with Gasteiger partial charge in [0.2, 0.25) is 0 Å². The predicted molar refractivity (Wildman–Crippen MR) is 54.5 cm³/mol. The van der Waals surface area contributed by atoms with Crippen LogP contribution in [-0.2, 0) is 6.42 Å². The Morgan fingerprint density at radius 1 is 1.07 bits per heavy atom. The van der Waals surface area contributed by atoms with E-state index in [9.17, 15) is 4.39 Å². The largest absolute Gasteiger partial charge is 0.207 e. The van der Waals surface area contributed by atoms with Crippen LogP contribution in [0.15, 0.2) is 48.5 Å². The van der Waals surface area contributed by atoms with Crippen molar-refractivity contribution in [2.75, 3.05) is 0 Å². The Balaban J connectivity index is 2.19. The van der Waals surface area contributed by atoms with Gasteiger partial charge in [0.25, 0.3) is 0 Å². The number of hydrogen-bond donors (Lipinski definition) is 0. The van der Waals surface area contributed by atoms with Crippen LogP contribution in [0.2, 0.25) is 0 Å². The normalized spacial score (nSPS) is 10.1. The molecule has 0 unspecified atom stereocenters. The zero-order chi connectivity index (χ0) is 9.80. The molecule has 2 rings (SSSR count). The molecular formula is C13H10F. The van der Waals surface area contributed by atoms with Gasteiger partial charge in [-0.25, -0.2) is 4.39 Å². The molecule has 14 heavy (non-hydrogen) atoms. The molecule has 1 heteroatoms. The van der Waals surface area contributed by atoms with E-state index in [2.05, 4.69) is 6.07 Å². The smallest absolute Gasteiger partial charge is 0.123 e. The summed E-state index contributed by atoms with van der Waals surface area (Å²) in [6.07, 6.45) is 0.735. The average molecular weight is 185 g/mol. The fraction of sp³-hybridized carbons (Fsp3) is 0.0769. The van der Waals surface area contributed by atoms with Gasteiger partial charge in [0.15, 0.2) is 0 Å². The van der Waals surface area contributed by atoms with Gasteiger partial charge >= 0.3 is 0 Å². The maximum atomic E-state index is 12.8. The van der Waals surface area contributed by atoms with Crippen LogP contribution < -0.4 is 0 Å². The Kier molecular flexibility index (Phi) is 2.59. The van der Waals surface area contributed by atoms with Gasteiger partial charge in [-0.15, -0.1) is 0 Å². The second-order valence-electron chi connectivity index (χ2n) is 3.19. The van der Waals surface area contributed by atoms with Crippen LogP contribution in [0.3, 0.4) is 0 Å². The summed E-state index contributed by atoms with van der Waals surface area (Å²) in [7, 11) is 0. The quantitative estimate of drug-likeness (QED) is 0.674. The van der Waals surface area contributed by atoms with E-state index >= 15 is 0 Å². The van der Waals surface area contributed by atoms with Crippen molar-refractivity contribution < 1.29 is 4.39 Å². The van der Waals surface area contributed by atoms with Crippen molar-refractivity contribution >= 4 is 0 Å². The third-order valence-corrected chi connectivity index (χ3v) is 2.06. The Hall–Kier alpha value is -1.63. The molecule has 0 fully saturated rings. The van der Waals surface area contributed by atoms with Crippen molar-refractivity contribution in [3.8, 4) is 0 Å². The summed E-state index contributed by atoms with van der Waals surface area (Å²) in [5, 5.41) is 0. The average Bonchev–Trinajstić information content (AvgIpc) is 2.19. The lowest BCUT2D eigenvalue weighted by Gasteiger charge is -2.00. The molecule has 0 aliphatic rings. The lowest BCUT2D eigenvalue weighted by Crippen LogP contribution is -1.88. The number of hydrogen-bond acceptors (Lipinski definition) is 0. The highest BCUT2D eigenvalue weighted by molar-refractivity contribution is 5.25. The molecule has 1 radical (unpaired) electrons. The molecule has 0 aromatic heterocycles. The van der Waals surface area contributed by atoms with Crippen LogP contribution in [0.5, 0.6) is 0 Å². The van der Waals surface area contributed by atoms with Gasteiger partial charge in [0, 0.05) is 0 Å². The summed E-state index contributed by atoms with van der Waals surface area (Å²) in [5.74, 6) is -0.199. The van der Waals surface area contributed by atoms with Gasteiger partial charge in [-0.3, -0.25) is 0 Å². The topological polar surface area (TPSA) is 0 Å². The third-order valence-electron chi connectivity index (χ3n) is 2.06. The molecule has 0 saturated carbocycles. The van der Waals surface area contributed by atoms with E-state index in [0.717, 1.165) is 12.0 Å². The van der Waals surface area contributed by atoms with Crippen molar-refractivity contribution in [2.45, 2.75) is 6.42 Å². The zero-order valence-electron chi connectivity index (χ0n) is 7.70. The summed E-state index contributed by atoms with van der Waals surface area (Å²) in [6.45, 7) is 0. The first-order valence-corrected chi connectivity index (χ1v) is 4.54. The van der Waals surface area contributed by atoms with E-state index in [0.29, 0.717) is 0 Å². The molecule has 0 saturated heterocycles. The molecular weight excluding hydrogens is 175 g/mol. The monoisotopic (exact) mass is 185 g/mol. The van der Waals surface area contributed by atoms with Crippen LogP contribution in [0, 0.1) is 11.9 Å². The first-order chi connectivity index (χ1) is 6.84. The van der Waals surface area contributed by atoms with Gasteiger partial charge < -0.3 is 0 Å². The van der Waals surface area contributed by atoms with Crippen molar-refractivity contribution in [2.24, 2.45) is 0 Å². The highest BCUT2D eigenvalue weighted by Gasteiger charge is 1.96. The summed E-state index contributed by atoms with van der Waals surface area (Å²) in [4.78, 5) is 0. The van der Waals surface area contributed by atoms with Crippen LogP contribution in [0.4, 0.5) is 4.39 Å². The van der Waals surface area contributed by atoms with Crippen molar-refractivity contribution in [3.05, 3.63) is 71.5 Å². The number of benzene rings is 2. The minimum absolute atomic E-state index is 0.199. The van der Waals surface area contributed by atoms with Crippen molar-refractivity contribution in [1.29, 1.82) is 0 Å². The van der Waals surface area contributed by atoms with Crippen molar-refractivity contribution in [3.63, 3.8) is 0 Å². The molecule has 0 aliphatic carbocycles. The van der Waals surface area contributed by atoms with Crippen LogP contribution >= 0.6 is 0 Å². The van der Waals surface area contributed by atoms with E-state index in [1.54, 1.807) is 6.07 Å². The molecule has 0 atom stereocenters. The molecule has 0 bridgehead atoms. The molecule has 2 aromatic carbocycles. The summed E-state index contributed by atoms with van der Waals surface area (Å²) in [6, 6.07) is 17.6. The highest BCUT2D eigenvalue weighted by Crippen LogP contribution is 2.09. The lowest BCUT2D eigenvalue weighted by molar-refractivity contribution is 0.626. The zero-order valence-corrected chi connectivity index (χ0v) is 7.70. The van der Waals surface area contributed by atoms with E-state index < -0.39 is 0 Å². The molecule has 2 aromatic rings. The molecule has 0 amide bonds. The van der Waals surface area contributed by atoms with E-state index in [-0.39, 0.29) is 5.82 Å². The molecule has 0 heterocycles. The summed E-state index contributed by atoms with van der Waals surface area (Å²) in [5.41, 5.74) is 2.06. The lowest BCUT2D eigenvalue weighted by atomic mass is 10.1. The Morgan fingerprint density at radius 2 is 1.86 bits per heavy atom. The molecule has 0 N–H and O–H groups in total. The van der Waals surface area contributed by atoms with E-state index in [4.69, 9.17) is 0 Å². The number of halogens is 1. The Morgan fingerprint density at radius 3 is 2.57 bits per heavy atom. The predicted octanol–water partition coefficient (Wildman–Crippen LogP) is 3.22. The second-order valence-corrected chi connectivity index (χ2v) is 3.19. The SMILES string of the molecule is Fc1cc[c]c(Cc2ccccc2)c1. The molecule has 0 spiro atoms. The first-order valence-electron chi connectivity index (χ1n) is 4.54. The van der Waals surface area contributed by atoms with E-state index in [1.165, 1.54) is 17.7 Å². The van der Waals surface area contributed by atoms with Gasteiger partial charge in [-0.05, 0) is 35.7 Å². The molecule has 69 valence electrons. The fourth-order valence-electron chi connectivity index (χ4n) is 1.40. The van der Waals surface area contributed by atoms with Gasteiger partial charge in [-0.1, -0.05) is 36.4 Å². The highest BCUT2D eigenvalue weighted by atomic mass is 19.1. The maximum absolute atomic E-state index is 12.8.